The molecule has 0 unspecified atom stereocenters. The van der Waals surface area contributed by atoms with Gasteiger partial charge in [-0.2, -0.15) is 0 Å². The van der Waals surface area contributed by atoms with Gasteiger partial charge in [-0.3, -0.25) is 9.69 Å². The number of hydrogen-bond acceptors (Lipinski definition) is 3. The van der Waals surface area contributed by atoms with E-state index in [1.54, 1.807) is 0 Å². The molecule has 1 amide bonds. The molecular weight excluding hydrogens is 214 g/mol. The molecular formula is C13H29N3O. The minimum atomic E-state index is 0.0690. The van der Waals surface area contributed by atoms with Crippen LogP contribution < -0.4 is 5.73 Å². The van der Waals surface area contributed by atoms with E-state index < -0.39 is 0 Å². The molecule has 0 atom stereocenters. The molecule has 0 aliphatic rings. The molecule has 0 radical (unpaired) electrons. The zero-order chi connectivity index (χ0) is 13.5. The molecule has 0 aromatic heterocycles. The summed E-state index contributed by atoms with van der Waals surface area (Å²) >= 11 is 0. The minimum absolute atomic E-state index is 0.0690. The van der Waals surface area contributed by atoms with E-state index in [0.29, 0.717) is 13.1 Å². The van der Waals surface area contributed by atoms with Crippen LogP contribution in [0.4, 0.5) is 0 Å². The summed E-state index contributed by atoms with van der Waals surface area (Å²) in [5, 5.41) is 0. The zero-order valence-corrected chi connectivity index (χ0v) is 12.1. The van der Waals surface area contributed by atoms with Gasteiger partial charge in [0.15, 0.2) is 0 Å². The molecule has 4 heteroatoms. The number of hydrogen-bond donors (Lipinski definition) is 1. The smallest absolute Gasteiger partial charge is 0.236 e. The van der Waals surface area contributed by atoms with Gasteiger partial charge in [0, 0.05) is 19.6 Å². The molecule has 4 nitrogen and oxygen atoms in total. The third-order valence-corrected chi connectivity index (χ3v) is 3.13. The standard InChI is InChI=1S/C13H29N3O/c1-6-15(11-13(4,5)10-14)9-12(17)16(7-2)8-3/h6-11,14H2,1-5H3. The first-order valence-electron chi connectivity index (χ1n) is 6.60. The van der Waals surface area contributed by atoms with Crippen molar-refractivity contribution in [3.63, 3.8) is 0 Å². The fourth-order valence-electron chi connectivity index (χ4n) is 1.82. The highest BCUT2D eigenvalue weighted by Crippen LogP contribution is 2.14. The Morgan fingerprint density at radius 3 is 2.00 bits per heavy atom. The SMILES string of the molecule is CCN(CC(=O)N(CC)CC)CC(C)(C)CN. The lowest BCUT2D eigenvalue weighted by molar-refractivity contribution is -0.132. The van der Waals surface area contributed by atoms with Crippen LogP contribution in [0.15, 0.2) is 0 Å². The Morgan fingerprint density at radius 1 is 1.12 bits per heavy atom. The number of carbonyl (C=O) groups excluding carboxylic acids is 1. The summed E-state index contributed by atoms with van der Waals surface area (Å²) in [6.07, 6.45) is 0. The van der Waals surface area contributed by atoms with Crippen molar-refractivity contribution in [2.75, 3.05) is 39.3 Å². The van der Waals surface area contributed by atoms with E-state index >= 15 is 0 Å². The van der Waals surface area contributed by atoms with E-state index in [-0.39, 0.29) is 11.3 Å². The lowest BCUT2D eigenvalue weighted by atomic mass is 9.93. The second-order valence-corrected chi connectivity index (χ2v) is 5.24. The number of amides is 1. The first kappa shape index (κ1) is 16.4. The molecule has 0 rings (SSSR count). The van der Waals surface area contributed by atoms with Gasteiger partial charge in [0.05, 0.1) is 6.54 Å². The summed E-state index contributed by atoms with van der Waals surface area (Å²) in [5.74, 6) is 0.213. The van der Waals surface area contributed by atoms with Gasteiger partial charge in [-0.25, -0.2) is 0 Å². The molecule has 0 spiro atoms. The third-order valence-electron chi connectivity index (χ3n) is 3.13. The molecule has 0 saturated carbocycles. The fourth-order valence-corrected chi connectivity index (χ4v) is 1.82. The normalized spacial score (nSPS) is 11.9. The van der Waals surface area contributed by atoms with Crippen molar-refractivity contribution < 1.29 is 4.79 Å². The van der Waals surface area contributed by atoms with Crippen molar-refractivity contribution in [1.29, 1.82) is 0 Å². The van der Waals surface area contributed by atoms with Crippen molar-refractivity contribution in [2.24, 2.45) is 11.1 Å². The van der Waals surface area contributed by atoms with E-state index in [1.165, 1.54) is 0 Å². The van der Waals surface area contributed by atoms with Gasteiger partial charge in [-0.15, -0.1) is 0 Å². The summed E-state index contributed by atoms with van der Waals surface area (Å²) in [5.41, 5.74) is 5.80. The highest BCUT2D eigenvalue weighted by Gasteiger charge is 2.22. The number of nitrogens with zero attached hydrogens (tertiary/aromatic N) is 2. The molecule has 0 bridgehead atoms. The molecule has 0 aromatic rings. The van der Waals surface area contributed by atoms with Crippen molar-refractivity contribution in [1.82, 2.24) is 9.80 Å². The van der Waals surface area contributed by atoms with Crippen LogP contribution in [0.25, 0.3) is 0 Å². The molecule has 0 fully saturated rings. The Hall–Kier alpha value is -0.610. The summed E-state index contributed by atoms with van der Waals surface area (Å²) in [4.78, 5) is 16.0. The predicted molar refractivity (Wildman–Crippen MR) is 72.9 cm³/mol. The van der Waals surface area contributed by atoms with Gasteiger partial charge in [0.2, 0.25) is 5.91 Å². The summed E-state index contributed by atoms with van der Waals surface area (Å²) in [6, 6.07) is 0. The predicted octanol–water partition coefficient (Wildman–Crippen LogP) is 1.16. The molecule has 0 aliphatic carbocycles. The Balaban J connectivity index is 4.35. The average molecular weight is 243 g/mol. The van der Waals surface area contributed by atoms with Crippen molar-refractivity contribution >= 4 is 5.91 Å². The monoisotopic (exact) mass is 243 g/mol. The second kappa shape index (κ2) is 7.67. The van der Waals surface area contributed by atoms with Crippen molar-refractivity contribution in [3.8, 4) is 0 Å². The molecule has 102 valence electrons. The van der Waals surface area contributed by atoms with Crippen molar-refractivity contribution in [3.05, 3.63) is 0 Å². The van der Waals surface area contributed by atoms with Crippen LogP contribution in [-0.2, 0) is 4.79 Å². The summed E-state index contributed by atoms with van der Waals surface area (Å²) < 4.78 is 0. The van der Waals surface area contributed by atoms with E-state index in [9.17, 15) is 4.79 Å². The maximum atomic E-state index is 12.0. The highest BCUT2D eigenvalue weighted by atomic mass is 16.2. The van der Waals surface area contributed by atoms with Crippen LogP contribution in [0.1, 0.15) is 34.6 Å². The Kier molecular flexibility index (Phi) is 7.39. The largest absolute Gasteiger partial charge is 0.342 e. The summed E-state index contributed by atoms with van der Waals surface area (Å²) in [6.45, 7) is 14.9. The molecule has 0 heterocycles. The van der Waals surface area contributed by atoms with Gasteiger partial charge in [0.25, 0.3) is 0 Å². The topological polar surface area (TPSA) is 49.6 Å². The Bertz CT molecular complexity index is 225. The number of carbonyl (C=O) groups is 1. The van der Waals surface area contributed by atoms with Gasteiger partial charge in [-0.05, 0) is 32.4 Å². The lowest BCUT2D eigenvalue weighted by Crippen LogP contribution is -2.45. The lowest BCUT2D eigenvalue weighted by Gasteiger charge is -2.32. The quantitative estimate of drug-likeness (QED) is 0.696. The van der Waals surface area contributed by atoms with Crippen LogP contribution in [0, 0.1) is 5.41 Å². The maximum Gasteiger partial charge on any atom is 0.236 e. The number of rotatable bonds is 8. The van der Waals surface area contributed by atoms with Crippen molar-refractivity contribution in [2.45, 2.75) is 34.6 Å². The Labute approximate surface area is 106 Å². The van der Waals surface area contributed by atoms with Crippen LogP contribution in [0.5, 0.6) is 0 Å². The van der Waals surface area contributed by atoms with Gasteiger partial charge in [-0.1, -0.05) is 20.8 Å². The van der Waals surface area contributed by atoms with Gasteiger partial charge < -0.3 is 10.6 Å². The molecule has 17 heavy (non-hydrogen) atoms. The van der Waals surface area contributed by atoms with Crippen LogP contribution in [0.3, 0.4) is 0 Å². The molecule has 0 saturated heterocycles. The van der Waals surface area contributed by atoms with Gasteiger partial charge in [0.1, 0.15) is 0 Å². The molecule has 2 N–H and O–H groups in total. The van der Waals surface area contributed by atoms with Crippen LogP contribution >= 0.6 is 0 Å². The number of likely N-dealkylation sites (N-methyl/N-ethyl adjacent to an activating group) is 2. The molecule has 0 aliphatic heterocycles. The van der Waals surface area contributed by atoms with E-state index in [2.05, 4.69) is 25.7 Å². The van der Waals surface area contributed by atoms with E-state index in [0.717, 1.165) is 26.2 Å². The van der Waals surface area contributed by atoms with Crippen LogP contribution in [-0.4, -0.2) is 55.0 Å². The summed E-state index contributed by atoms with van der Waals surface area (Å²) in [7, 11) is 0. The second-order valence-electron chi connectivity index (χ2n) is 5.24. The van der Waals surface area contributed by atoms with Gasteiger partial charge >= 0.3 is 0 Å². The highest BCUT2D eigenvalue weighted by molar-refractivity contribution is 5.78. The minimum Gasteiger partial charge on any atom is -0.342 e. The number of nitrogens with two attached hydrogens (primary N) is 1. The molecule has 0 aromatic carbocycles. The third kappa shape index (κ3) is 6.03. The first-order valence-corrected chi connectivity index (χ1v) is 6.60. The maximum absolute atomic E-state index is 12.0. The van der Waals surface area contributed by atoms with E-state index in [1.807, 2.05) is 18.7 Å². The average Bonchev–Trinajstić information content (AvgIpc) is 2.29. The first-order chi connectivity index (χ1) is 7.90. The van der Waals surface area contributed by atoms with E-state index in [4.69, 9.17) is 5.73 Å². The van der Waals surface area contributed by atoms with Crippen LogP contribution in [0.2, 0.25) is 0 Å². The Morgan fingerprint density at radius 2 is 1.65 bits per heavy atom. The zero-order valence-electron chi connectivity index (χ0n) is 12.1. The fraction of sp³-hybridized carbons (Fsp3) is 0.923.